The summed E-state index contributed by atoms with van der Waals surface area (Å²) < 4.78 is 43.5. The monoisotopic (exact) mass is 375 g/mol. The highest BCUT2D eigenvalue weighted by molar-refractivity contribution is 14.1. The molecule has 0 spiro atoms. The number of allylic oxidation sites excluding steroid dienone is 2. The first-order valence-electron chi connectivity index (χ1n) is 3.93. The normalized spacial score (nSPS) is 28.0. The van der Waals surface area contributed by atoms with Crippen molar-refractivity contribution in [2.45, 2.75) is 10.3 Å². The number of sulfonamides is 1. The Labute approximate surface area is 109 Å². The van der Waals surface area contributed by atoms with Gasteiger partial charge in [-0.15, -0.1) is 0 Å². The van der Waals surface area contributed by atoms with E-state index < -0.39 is 34.5 Å². The van der Waals surface area contributed by atoms with Crippen LogP contribution in [0.3, 0.4) is 0 Å². The molecule has 0 aromatic heterocycles. The predicted octanol–water partition coefficient (Wildman–Crippen LogP) is 0.157. The topological polar surface area (TPSA) is 113 Å². The van der Waals surface area contributed by atoms with E-state index in [0.29, 0.717) is 0 Å². The van der Waals surface area contributed by atoms with Crippen molar-refractivity contribution in [2.24, 2.45) is 10.1 Å². The van der Waals surface area contributed by atoms with Gasteiger partial charge in [-0.1, -0.05) is 28.7 Å². The highest BCUT2D eigenvalue weighted by Gasteiger charge is 2.23. The van der Waals surface area contributed by atoms with Gasteiger partial charge in [0.15, 0.2) is 5.03 Å². The van der Waals surface area contributed by atoms with E-state index in [0.717, 1.165) is 0 Å². The van der Waals surface area contributed by atoms with Crippen LogP contribution in [0.4, 0.5) is 0 Å². The number of aliphatic imine (C=N–C) groups is 1. The summed E-state index contributed by atoms with van der Waals surface area (Å²) in [4.78, 5) is 3.20. The summed E-state index contributed by atoms with van der Waals surface area (Å²) in [6.07, 6.45) is 4.03. The van der Waals surface area contributed by atoms with Crippen molar-refractivity contribution < 1.29 is 17.2 Å². The second-order valence-electron chi connectivity index (χ2n) is 3.19. The van der Waals surface area contributed by atoms with Gasteiger partial charge >= 0.3 is 0 Å². The smallest absolute Gasteiger partial charge is 0.256 e. The summed E-state index contributed by atoms with van der Waals surface area (Å²) in [7, 11) is -4.16. The molecule has 0 fully saturated rings. The van der Waals surface area contributed by atoms with Crippen molar-refractivity contribution in [1.82, 2.24) is 0 Å². The largest absolute Gasteiger partial charge is 0.768 e. The first kappa shape index (κ1) is 14.0. The number of nitrogens with zero attached hydrogens (tertiary/aromatic N) is 1. The molecule has 16 heavy (non-hydrogen) atoms. The molecule has 90 valence electrons. The van der Waals surface area contributed by atoms with Crippen LogP contribution in [-0.2, 0) is 21.1 Å². The molecule has 1 aliphatic rings. The molecule has 1 heterocycles. The molecule has 0 radical (unpaired) electrons. The fourth-order valence-electron chi connectivity index (χ4n) is 0.942. The maximum atomic E-state index is 11.2. The number of primary sulfonamides is 1. The van der Waals surface area contributed by atoms with Crippen LogP contribution in [-0.4, -0.2) is 26.8 Å². The van der Waals surface area contributed by atoms with Crippen LogP contribution in [0.1, 0.15) is 6.92 Å². The number of rotatable bonds is 2. The van der Waals surface area contributed by atoms with Crippen LogP contribution in [0.5, 0.6) is 0 Å². The highest BCUT2D eigenvalue weighted by atomic mass is 127. The zero-order chi connectivity index (χ0) is 12.6. The van der Waals surface area contributed by atoms with E-state index in [-0.39, 0.29) is 0 Å². The summed E-state index contributed by atoms with van der Waals surface area (Å²) in [6.45, 7) is 1.74. The number of hydrogen-bond donors (Lipinski definition) is 1. The van der Waals surface area contributed by atoms with Gasteiger partial charge in [0.25, 0.3) is 10.0 Å². The Morgan fingerprint density at radius 1 is 1.62 bits per heavy atom. The zero-order valence-electron chi connectivity index (χ0n) is 8.08. The molecule has 2 N–H and O–H groups in total. The zero-order valence-corrected chi connectivity index (χ0v) is 11.9. The van der Waals surface area contributed by atoms with Crippen LogP contribution in [0.25, 0.3) is 0 Å². The molecule has 2 atom stereocenters. The van der Waals surface area contributed by atoms with E-state index >= 15 is 0 Å². The van der Waals surface area contributed by atoms with Crippen molar-refractivity contribution in [3.8, 4) is 0 Å². The minimum Gasteiger partial charge on any atom is -0.768 e. The lowest BCUT2D eigenvalue weighted by molar-refractivity contribution is 0.544. The lowest BCUT2D eigenvalue weighted by atomic mass is 10.2. The second kappa shape index (κ2) is 4.64. The molecule has 0 bridgehead atoms. The first-order chi connectivity index (χ1) is 7.13. The lowest BCUT2D eigenvalue weighted by Gasteiger charge is -2.08. The average Bonchev–Trinajstić information content (AvgIpc) is 2.22. The molecule has 0 aliphatic carbocycles. The fraction of sp³-hybridized carbons (Fsp3) is 0.286. The van der Waals surface area contributed by atoms with Gasteiger partial charge < -0.3 is 4.55 Å². The van der Waals surface area contributed by atoms with Crippen LogP contribution < -0.4 is 5.14 Å². The average molecular weight is 375 g/mol. The molecule has 2 unspecified atom stereocenters. The molecule has 1 aliphatic heterocycles. The SMILES string of the molecule is CC1(I)C=CC(S(=O)[O-])=C(S(N)(=O)=O)N=C1. The summed E-state index contributed by atoms with van der Waals surface area (Å²) in [5, 5.41) is 4.25. The van der Waals surface area contributed by atoms with E-state index in [2.05, 4.69) is 4.99 Å². The molecular weight excluding hydrogens is 367 g/mol. The summed E-state index contributed by atoms with van der Waals surface area (Å²) in [5.74, 6) is 0. The summed E-state index contributed by atoms with van der Waals surface area (Å²) in [6, 6.07) is 0. The van der Waals surface area contributed by atoms with Gasteiger partial charge in [0.1, 0.15) is 0 Å². The highest BCUT2D eigenvalue weighted by Crippen LogP contribution is 2.25. The number of halogens is 1. The Kier molecular flexibility index (Phi) is 4.05. The van der Waals surface area contributed by atoms with E-state index in [4.69, 9.17) is 5.14 Å². The van der Waals surface area contributed by atoms with Crippen LogP contribution >= 0.6 is 22.6 Å². The standard InChI is InChI=1S/C7H9IN2O4S2/c1-7(8)3-2-5(15(11)12)6(10-4-7)16(9,13)14/h2-4H,1H3,(H,11,12)(H2,9,13,14)/p-1. The third kappa shape index (κ3) is 3.45. The van der Waals surface area contributed by atoms with Crippen molar-refractivity contribution in [3.05, 3.63) is 22.1 Å². The van der Waals surface area contributed by atoms with Gasteiger partial charge in [0.2, 0.25) is 0 Å². The molecule has 0 aromatic carbocycles. The summed E-state index contributed by atoms with van der Waals surface area (Å²) in [5.41, 5.74) is 0. The molecule has 9 heteroatoms. The van der Waals surface area contributed by atoms with E-state index in [1.807, 2.05) is 22.6 Å². The number of nitrogens with two attached hydrogens (primary N) is 1. The van der Waals surface area contributed by atoms with Crippen LogP contribution in [0.15, 0.2) is 27.1 Å². The molecule has 1 rings (SSSR count). The summed E-state index contributed by atoms with van der Waals surface area (Å²) >= 11 is -0.718. The molecule has 0 amide bonds. The third-order valence-electron chi connectivity index (χ3n) is 1.65. The number of hydrogen-bond acceptors (Lipinski definition) is 5. The van der Waals surface area contributed by atoms with Gasteiger partial charge in [-0.2, -0.15) is 0 Å². The maximum absolute atomic E-state index is 11.2. The van der Waals surface area contributed by atoms with E-state index in [1.165, 1.54) is 18.4 Å². The quantitative estimate of drug-likeness (QED) is 0.421. The second-order valence-corrected chi connectivity index (χ2v) is 7.90. The Bertz CT molecular complexity index is 519. The van der Waals surface area contributed by atoms with Crippen molar-refractivity contribution in [1.29, 1.82) is 0 Å². The van der Waals surface area contributed by atoms with Gasteiger partial charge in [0.05, 0.1) is 8.33 Å². The number of alkyl halides is 1. The van der Waals surface area contributed by atoms with Crippen molar-refractivity contribution in [2.75, 3.05) is 0 Å². The molecule has 0 saturated heterocycles. The minimum absolute atomic E-state index is 0.431. The minimum atomic E-state index is -4.16. The van der Waals surface area contributed by atoms with Gasteiger partial charge in [0, 0.05) is 6.21 Å². The van der Waals surface area contributed by atoms with Crippen LogP contribution in [0, 0.1) is 0 Å². The van der Waals surface area contributed by atoms with Gasteiger partial charge in [-0.05, 0) is 24.1 Å². The fourth-order valence-corrected chi connectivity index (χ4v) is 2.74. The molecule has 0 saturated carbocycles. The molecule has 0 aromatic rings. The maximum Gasteiger partial charge on any atom is 0.256 e. The third-order valence-corrected chi connectivity index (χ3v) is 3.97. The van der Waals surface area contributed by atoms with E-state index in [9.17, 15) is 17.2 Å². The Hall–Kier alpha value is -0.100. The van der Waals surface area contributed by atoms with Gasteiger partial charge in [-0.25, -0.2) is 18.5 Å². The van der Waals surface area contributed by atoms with Crippen molar-refractivity contribution >= 4 is 49.9 Å². The Morgan fingerprint density at radius 2 is 2.19 bits per heavy atom. The Balaban J connectivity index is 3.48. The molecular formula is C7H8IN2O4S2-. The van der Waals surface area contributed by atoms with E-state index in [1.54, 1.807) is 6.92 Å². The predicted molar refractivity (Wildman–Crippen MR) is 69.1 cm³/mol. The first-order valence-corrected chi connectivity index (χ1v) is 7.63. The molecule has 6 nitrogen and oxygen atoms in total. The van der Waals surface area contributed by atoms with Crippen molar-refractivity contribution in [3.63, 3.8) is 0 Å². The lowest BCUT2D eigenvalue weighted by Crippen LogP contribution is -2.17. The Morgan fingerprint density at radius 3 is 2.62 bits per heavy atom. The van der Waals surface area contributed by atoms with Crippen LogP contribution in [0.2, 0.25) is 0 Å². The van der Waals surface area contributed by atoms with Gasteiger partial charge in [-0.3, -0.25) is 4.21 Å².